The van der Waals surface area contributed by atoms with Crippen molar-refractivity contribution in [3.05, 3.63) is 47.5 Å². The molecule has 2 N–H and O–H groups in total. The lowest BCUT2D eigenvalue weighted by molar-refractivity contribution is -0.139. The molecule has 0 spiro atoms. The summed E-state index contributed by atoms with van der Waals surface area (Å²) < 4.78 is 42.7. The highest BCUT2D eigenvalue weighted by Gasteiger charge is 2.19. The van der Waals surface area contributed by atoms with E-state index in [1.54, 1.807) is 0 Å². The van der Waals surface area contributed by atoms with Crippen molar-refractivity contribution < 1.29 is 26.3 Å². The molecule has 0 radical (unpaired) electrons. The minimum Gasteiger partial charge on any atom is -0.479 e. The van der Waals surface area contributed by atoms with Crippen LogP contribution in [0.5, 0.6) is 0 Å². The van der Waals surface area contributed by atoms with Gasteiger partial charge in [-0.25, -0.2) is 9.59 Å². The molecule has 0 amide bonds. The van der Waals surface area contributed by atoms with Crippen LogP contribution in [0.1, 0.15) is 25.4 Å². The number of esters is 1. The zero-order valence-corrected chi connectivity index (χ0v) is 9.83. The second-order valence-corrected chi connectivity index (χ2v) is 3.30. The number of carbonyl (C=O) groups is 2. The zero-order chi connectivity index (χ0) is 17.9. The number of nitrogens with one attached hydrogen (secondary N) is 1. The molecule has 1 rings (SSSR count). The van der Waals surface area contributed by atoms with Crippen molar-refractivity contribution in [3.8, 4) is 0 Å². The van der Waals surface area contributed by atoms with E-state index in [2.05, 4.69) is 10.1 Å². The van der Waals surface area contributed by atoms with E-state index >= 15 is 0 Å². The molecule has 1 atom stereocenters. The summed E-state index contributed by atoms with van der Waals surface area (Å²) in [6, 6.07) is -4.75. The Bertz CT molecular complexity index is 660. The average molecular weight is 254 g/mol. The Hall–Kier alpha value is -2.30. The normalized spacial score (nSPS) is 16.6. The van der Waals surface area contributed by atoms with E-state index in [4.69, 9.17) is 6.85 Å². The van der Waals surface area contributed by atoms with Gasteiger partial charge in [0.05, 0.1) is 14.0 Å². The second-order valence-electron chi connectivity index (χ2n) is 3.30. The topological polar surface area (TPSA) is 75.6 Å². The van der Waals surface area contributed by atoms with E-state index in [9.17, 15) is 14.7 Å². The summed E-state index contributed by atoms with van der Waals surface area (Å²) in [5.74, 6) is -2.18. The first-order valence-corrected chi connectivity index (χ1v) is 4.94. The molecule has 1 aromatic carbocycles. The SMILES string of the molecule is [2H]c1c([2H])c([2H])c(C(N/C(C)=C/C(=O)OC)C(=O)O)c([2H])c1[2H]. The molecule has 96 valence electrons. The van der Waals surface area contributed by atoms with E-state index in [-0.39, 0.29) is 5.70 Å². The zero-order valence-electron chi connectivity index (χ0n) is 14.8. The molecule has 0 aliphatic heterocycles. The molecule has 0 saturated carbocycles. The van der Waals surface area contributed by atoms with Gasteiger partial charge < -0.3 is 15.2 Å². The lowest BCUT2D eigenvalue weighted by Crippen LogP contribution is -2.27. The van der Waals surface area contributed by atoms with Crippen molar-refractivity contribution in [3.63, 3.8) is 0 Å². The number of hydrogen-bond acceptors (Lipinski definition) is 4. The van der Waals surface area contributed by atoms with Gasteiger partial charge in [0.15, 0.2) is 0 Å². The third kappa shape index (κ3) is 3.93. The van der Waals surface area contributed by atoms with Crippen LogP contribution in [-0.2, 0) is 14.3 Å². The average Bonchev–Trinajstić information content (AvgIpc) is 2.49. The van der Waals surface area contributed by atoms with Crippen LogP contribution < -0.4 is 5.32 Å². The van der Waals surface area contributed by atoms with Crippen LogP contribution in [0.4, 0.5) is 0 Å². The summed E-state index contributed by atoms with van der Waals surface area (Å²) in [5.41, 5.74) is -0.308. The van der Waals surface area contributed by atoms with Crippen molar-refractivity contribution in [1.82, 2.24) is 5.32 Å². The maximum absolute atomic E-state index is 11.5. The van der Waals surface area contributed by atoms with Gasteiger partial charge in [-0.05, 0) is 12.5 Å². The summed E-state index contributed by atoms with van der Waals surface area (Å²) in [7, 11) is 1.15. The molecular formula is C13H15NO4. The van der Waals surface area contributed by atoms with Crippen LogP contribution in [0.15, 0.2) is 42.0 Å². The molecule has 0 saturated heterocycles. The molecule has 1 unspecified atom stereocenters. The Balaban J connectivity index is 3.41. The Morgan fingerprint density at radius 1 is 1.44 bits per heavy atom. The standard InChI is InChI=1S/C13H15NO4/c1-9(8-11(15)18-2)14-12(13(16)17)10-6-4-3-5-7-10/h3-8,12,14H,1-2H3,(H,16,17)/b9-8+/i3D,4D,5D,6D,7D. The maximum Gasteiger partial charge on any atom is 0.332 e. The Labute approximate surface area is 112 Å². The molecule has 5 nitrogen and oxygen atoms in total. The number of allylic oxidation sites excluding steroid dienone is 1. The number of hydrogen-bond donors (Lipinski definition) is 2. The molecule has 1 aromatic rings. The van der Waals surface area contributed by atoms with Gasteiger partial charge in [-0.1, -0.05) is 30.2 Å². The van der Waals surface area contributed by atoms with Crippen molar-refractivity contribution >= 4 is 11.9 Å². The number of carboxylic acids is 1. The first-order valence-electron chi connectivity index (χ1n) is 7.44. The molecule has 0 aliphatic rings. The fourth-order valence-electron chi connectivity index (χ4n) is 1.17. The molecule has 18 heavy (non-hydrogen) atoms. The van der Waals surface area contributed by atoms with Gasteiger partial charge >= 0.3 is 11.9 Å². The van der Waals surface area contributed by atoms with Crippen molar-refractivity contribution in [2.24, 2.45) is 0 Å². The van der Waals surface area contributed by atoms with Gasteiger partial charge in [-0.15, -0.1) is 0 Å². The van der Waals surface area contributed by atoms with E-state index in [1.807, 2.05) is 0 Å². The van der Waals surface area contributed by atoms with Gasteiger partial charge in [0.1, 0.15) is 6.04 Å². The molecular weight excluding hydrogens is 234 g/mol. The van der Waals surface area contributed by atoms with Crippen LogP contribution in [-0.4, -0.2) is 24.2 Å². The Morgan fingerprint density at radius 3 is 2.56 bits per heavy atom. The van der Waals surface area contributed by atoms with Crippen LogP contribution >= 0.6 is 0 Å². The first kappa shape index (κ1) is 7.92. The third-order valence-corrected chi connectivity index (χ3v) is 1.96. The quantitative estimate of drug-likeness (QED) is 0.615. The number of benzene rings is 1. The summed E-state index contributed by atoms with van der Waals surface area (Å²) >= 11 is 0. The van der Waals surface area contributed by atoms with Crippen LogP contribution in [0, 0.1) is 0 Å². The predicted octanol–water partition coefficient (Wildman–Crippen LogP) is 1.48. The number of ether oxygens (including phenoxy) is 1. The van der Waals surface area contributed by atoms with Gasteiger partial charge in [-0.2, -0.15) is 0 Å². The summed E-state index contributed by atoms with van der Waals surface area (Å²) in [6.07, 6.45) is 0.991. The van der Waals surface area contributed by atoms with Crippen LogP contribution in [0.25, 0.3) is 0 Å². The molecule has 0 aliphatic carbocycles. The highest BCUT2D eigenvalue weighted by Crippen LogP contribution is 2.14. The minimum absolute atomic E-state index is 0.107. The number of rotatable bonds is 5. The van der Waals surface area contributed by atoms with Crippen molar-refractivity contribution in [1.29, 1.82) is 0 Å². The van der Waals surface area contributed by atoms with Gasteiger partial charge in [0, 0.05) is 11.8 Å². The first-order chi connectivity index (χ1) is 10.6. The maximum atomic E-state index is 11.5. The van der Waals surface area contributed by atoms with Crippen LogP contribution in [0.2, 0.25) is 0 Å². The number of carbonyl (C=O) groups excluding carboxylic acids is 1. The van der Waals surface area contributed by atoms with E-state index in [0.717, 1.165) is 13.2 Å². The predicted molar refractivity (Wildman–Crippen MR) is 65.7 cm³/mol. The molecule has 0 heterocycles. The molecule has 0 bridgehead atoms. The lowest BCUT2D eigenvalue weighted by atomic mass is 10.1. The fraction of sp³-hybridized carbons (Fsp3) is 0.231. The molecule has 0 fully saturated rings. The molecule has 0 aromatic heterocycles. The van der Waals surface area contributed by atoms with E-state index in [0.29, 0.717) is 0 Å². The second kappa shape index (κ2) is 6.44. The summed E-state index contributed by atoms with van der Waals surface area (Å²) in [6.45, 7) is 1.39. The van der Waals surface area contributed by atoms with Gasteiger partial charge in [-0.3, -0.25) is 0 Å². The summed E-state index contributed by atoms with van der Waals surface area (Å²) in [5, 5.41) is 11.8. The van der Waals surface area contributed by atoms with Gasteiger partial charge in [0.25, 0.3) is 0 Å². The lowest BCUT2D eigenvalue weighted by Gasteiger charge is -2.16. The van der Waals surface area contributed by atoms with Gasteiger partial charge in [0.2, 0.25) is 0 Å². The molecule has 5 heteroatoms. The van der Waals surface area contributed by atoms with E-state index in [1.165, 1.54) is 6.92 Å². The monoisotopic (exact) mass is 254 g/mol. The summed E-state index contributed by atoms with van der Waals surface area (Å²) in [4.78, 5) is 22.6. The highest BCUT2D eigenvalue weighted by atomic mass is 16.5. The van der Waals surface area contributed by atoms with E-state index < -0.39 is 53.8 Å². The number of methoxy groups -OCH3 is 1. The highest BCUT2D eigenvalue weighted by molar-refractivity contribution is 5.83. The largest absolute Gasteiger partial charge is 0.479 e. The van der Waals surface area contributed by atoms with Crippen molar-refractivity contribution in [2.45, 2.75) is 13.0 Å². The Kier molecular flexibility index (Phi) is 2.83. The third-order valence-electron chi connectivity index (χ3n) is 1.96. The Morgan fingerprint density at radius 2 is 2.06 bits per heavy atom. The number of carboxylic acid groups (broad SMARTS) is 1. The minimum atomic E-state index is -1.62. The van der Waals surface area contributed by atoms with Crippen molar-refractivity contribution in [2.75, 3.05) is 7.11 Å². The smallest absolute Gasteiger partial charge is 0.332 e. The fourth-order valence-corrected chi connectivity index (χ4v) is 1.17. The van der Waals surface area contributed by atoms with Crippen LogP contribution in [0.3, 0.4) is 0 Å². The number of aliphatic carboxylic acids is 1.